The Morgan fingerprint density at radius 2 is 1.93 bits per heavy atom. The predicted octanol–water partition coefficient (Wildman–Crippen LogP) is 4.06. The van der Waals surface area contributed by atoms with Gasteiger partial charge in [-0.3, -0.25) is 4.57 Å². The number of nitrogens with zero attached hydrogens (tertiary/aromatic N) is 1. The molecular formula is C18H15F3NO4P. The fourth-order valence-electron chi connectivity index (χ4n) is 3.03. The second kappa shape index (κ2) is 7.01. The number of rotatable bonds is 4. The average molecular weight is 397 g/mol. The monoisotopic (exact) mass is 397 g/mol. The van der Waals surface area contributed by atoms with E-state index in [9.17, 15) is 22.8 Å². The molecule has 2 aromatic rings. The highest BCUT2D eigenvalue weighted by molar-refractivity contribution is 7.66. The van der Waals surface area contributed by atoms with E-state index < -0.39 is 31.6 Å². The summed E-state index contributed by atoms with van der Waals surface area (Å²) < 4.78 is 65.3. The van der Waals surface area contributed by atoms with Gasteiger partial charge in [0, 0.05) is 36.3 Å². The molecule has 1 aliphatic rings. The molecule has 142 valence electrons. The minimum absolute atomic E-state index is 0.0143. The quantitative estimate of drug-likeness (QED) is 0.787. The van der Waals surface area contributed by atoms with Gasteiger partial charge in [0.1, 0.15) is 23.4 Å². The molecule has 9 heteroatoms. The lowest BCUT2D eigenvalue weighted by atomic mass is 10.1. The van der Waals surface area contributed by atoms with Gasteiger partial charge in [-0.1, -0.05) is 0 Å². The van der Waals surface area contributed by atoms with Crippen molar-refractivity contribution in [3.8, 4) is 17.6 Å². The maximum absolute atomic E-state index is 14.5. The van der Waals surface area contributed by atoms with Crippen molar-refractivity contribution in [2.24, 2.45) is 0 Å². The van der Waals surface area contributed by atoms with Gasteiger partial charge < -0.3 is 14.4 Å². The van der Waals surface area contributed by atoms with E-state index >= 15 is 0 Å². The molecule has 2 aromatic carbocycles. The van der Waals surface area contributed by atoms with Gasteiger partial charge in [0.2, 0.25) is 7.37 Å². The van der Waals surface area contributed by atoms with E-state index in [1.165, 1.54) is 32.0 Å². The summed E-state index contributed by atoms with van der Waals surface area (Å²) in [7, 11) is -2.24. The van der Waals surface area contributed by atoms with Gasteiger partial charge in [-0.05, 0) is 24.3 Å². The Balaban J connectivity index is 2.16. The number of nitriles is 1. The molecule has 0 amide bonds. The van der Waals surface area contributed by atoms with Crippen molar-refractivity contribution in [3.05, 3.63) is 52.8 Å². The largest absolute Gasteiger partial charge is 0.457 e. The first-order valence-electron chi connectivity index (χ1n) is 7.85. The van der Waals surface area contributed by atoms with Gasteiger partial charge in [-0.15, -0.1) is 0 Å². The molecule has 0 spiro atoms. The molecule has 0 bridgehead atoms. The van der Waals surface area contributed by atoms with Crippen LogP contribution in [0.15, 0.2) is 30.3 Å². The summed E-state index contributed by atoms with van der Waals surface area (Å²) >= 11 is 0. The van der Waals surface area contributed by atoms with Crippen molar-refractivity contribution >= 4 is 12.7 Å². The number of alkyl halides is 2. The standard InChI is InChI=1S/C18H15F3NO4P/c1-25-27(2,24)13-4-3-12(14-15(13)18(23)17(21)16(14)20)26-11-6-9(8-22)5-10(19)7-11/h3-7,16-18,23H,1-2H3. The van der Waals surface area contributed by atoms with Crippen LogP contribution in [-0.2, 0) is 9.09 Å². The number of aliphatic hydroxyl groups excluding tert-OH is 1. The van der Waals surface area contributed by atoms with Crippen molar-refractivity contribution in [3.63, 3.8) is 0 Å². The Kier molecular flexibility index (Phi) is 5.04. The van der Waals surface area contributed by atoms with E-state index in [2.05, 4.69) is 0 Å². The van der Waals surface area contributed by atoms with Crippen LogP contribution in [0.2, 0.25) is 0 Å². The summed E-state index contributed by atoms with van der Waals surface area (Å²) in [5, 5.41) is 19.0. The zero-order valence-corrected chi connectivity index (χ0v) is 15.2. The smallest absolute Gasteiger partial charge is 0.229 e. The van der Waals surface area contributed by atoms with Crippen molar-refractivity contribution in [1.29, 1.82) is 5.26 Å². The van der Waals surface area contributed by atoms with Gasteiger partial charge in [0.15, 0.2) is 12.3 Å². The SMILES string of the molecule is COP(C)(=O)c1ccc(Oc2cc(F)cc(C#N)c2)c2c1C(O)C(F)C2F. The second-order valence-electron chi connectivity index (χ2n) is 6.12. The highest BCUT2D eigenvalue weighted by atomic mass is 31.2. The number of hydrogen-bond donors (Lipinski definition) is 1. The number of ether oxygens (including phenoxy) is 1. The van der Waals surface area contributed by atoms with E-state index in [1.807, 2.05) is 0 Å². The maximum Gasteiger partial charge on any atom is 0.229 e. The summed E-state index contributed by atoms with van der Waals surface area (Å²) in [6.07, 6.45) is -6.35. The van der Waals surface area contributed by atoms with E-state index in [-0.39, 0.29) is 33.5 Å². The van der Waals surface area contributed by atoms with Crippen molar-refractivity contribution in [2.75, 3.05) is 13.8 Å². The average Bonchev–Trinajstić information content (AvgIpc) is 2.86. The number of aliphatic hydroxyl groups is 1. The van der Waals surface area contributed by atoms with Crippen LogP contribution < -0.4 is 10.0 Å². The fourth-order valence-corrected chi connectivity index (χ4v) is 4.27. The van der Waals surface area contributed by atoms with Crippen LogP contribution in [0.3, 0.4) is 0 Å². The predicted molar refractivity (Wildman–Crippen MR) is 91.5 cm³/mol. The zero-order valence-electron chi connectivity index (χ0n) is 14.3. The van der Waals surface area contributed by atoms with Crippen molar-refractivity contribution in [1.82, 2.24) is 0 Å². The Morgan fingerprint density at radius 1 is 1.22 bits per heavy atom. The molecule has 0 fully saturated rings. The molecule has 0 aromatic heterocycles. The van der Waals surface area contributed by atoms with Crippen LogP contribution in [0, 0.1) is 17.1 Å². The molecule has 0 aliphatic heterocycles. The van der Waals surface area contributed by atoms with E-state index in [4.69, 9.17) is 14.5 Å². The van der Waals surface area contributed by atoms with E-state index in [0.29, 0.717) is 0 Å². The highest BCUT2D eigenvalue weighted by Crippen LogP contribution is 2.52. The normalized spacial score (nSPS) is 23.4. The van der Waals surface area contributed by atoms with Gasteiger partial charge in [0.25, 0.3) is 0 Å². The maximum atomic E-state index is 14.5. The number of benzene rings is 2. The lowest BCUT2D eigenvalue weighted by Gasteiger charge is -2.19. The first-order chi connectivity index (χ1) is 12.7. The molecule has 5 nitrogen and oxygen atoms in total. The van der Waals surface area contributed by atoms with Crippen molar-refractivity contribution < 1.29 is 32.1 Å². The van der Waals surface area contributed by atoms with E-state index in [0.717, 1.165) is 12.1 Å². The van der Waals surface area contributed by atoms with Gasteiger partial charge in [0.05, 0.1) is 11.6 Å². The topological polar surface area (TPSA) is 79.5 Å². The van der Waals surface area contributed by atoms with Gasteiger partial charge >= 0.3 is 0 Å². The minimum atomic E-state index is -3.43. The third-order valence-corrected chi connectivity index (χ3v) is 6.35. The summed E-state index contributed by atoms with van der Waals surface area (Å²) in [5.41, 5.74) is -0.526. The Hall–Kier alpha value is -2.33. The summed E-state index contributed by atoms with van der Waals surface area (Å²) in [4.78, 5) is 0. The Bertz CT molecular complexity index is 991. The molecule has 1 aliphatic carbocycles. The molecule has 3 rings (SSSR count). The summed E-state index contributed by atoms with van der Waals surface area (Å²) in [6, 6.07) is 7.50. The molecule has 27 heavy (non-hydrogen) atoms. The zero-order chi connectivity index (χ0) is 19.9. The number of fused-ring (bicyclic) bond motifs is 1. The number of halogens is 3. The molecule has 0 saturated carbocycles. The molecule has 4 unspecified atom stereocenters. The van der Waals surface area contributed by atoms with Crippen LogP contribution in [0.25, 0.3) is 0 Å². The summed E-state index contributed by atoms with van der Waals surface area (Å²) in [6.45, 7) is 1.26. The lowest BCUT2D eigenvalue weighted by molar-refractivity contribution is 0.0469. The van der Waals surface area contributed by atoms with Crippen LogP contribution in [-0.4, -0.2) is 25.1 Å². The Labute approximate surface area is 153 Å². The fraction of sp³-hybridized carbons (Fsp3) is 0.278. The van der Waals surface area contributed by atoms with E-state index in [1.54, 1.807) is 6.07 Å². The summed E-state index contributed by atoms with van der Waals surface area (Å²) in [5.74, 6) is -1.02. The first kappa shape index (κ1) is 19.4. The van der Waals surface area contributed by atoms with Crippen LogP contribution in [0.1, 0.15) is 29.0 Å². The molecule has 0 radical (unpaired) electrons. The van der Waals surface area contributed by atoms with Crippen LogP contribution >= 0.6 is 7.37 Å². The van der Waals surface area contributed by atoms with Crippen LogP contribution in [0.5, 0.6) is 11.5 Å². The van der Waals surface area contributed by atoms with Crippen LogP contribution in [0.4, 0.5) is 13.2 Å². The molecule has 0 heterocycles. The third-order valence-electron chi connectivity index (χ3n) is 4.39. The first-order valence-corrected chi connectivity index (χ1v) is 9.92. The second-order valence-corrected chi connectivity index (χ2v) is 8.66. The lowest BCUT2D eigenvalue weighted by Crippen LogP contribution is -2.17. The number of hydrogen-bond acceptors (Lipinski definition) is 5. The highest BCUT2D eigenvalue weighted by Gasteiger charge is 2.46. The van der Waals surface area contributed by atoms with Crippen molar-refractivity contribution in [2.45, 2.75) is 18.4 Å². The van der Waals surface area contributed by atoms with Gasteiger partial charge in [-0.25, -0.2) is 13.2 Å². The van der Waals surface area contributed by atoms with Gasteiger partial charge in [-0.2, -0.15) is 5.26 Å². The minimum Gasteiger partial charge on any atom is -0.457 e. The molecular weight excluding hydrogens is 382 g/mol. The third kappa shape index (κ3) is 3.34. The Morgan fingerprint density at radius 3 is 2.56 bits per heavy atom. The molecule has 4 atom stereocenters. The molecule has 1 N–H and O–H groups in total. The molecule has 0 saturated heterocycles.